The maximum Gasteiger partial charge on any atom is 0.343 e. The zero-order valence-electron chi connectivity index (χ0n) is 14.4. The van der Waals surface area contributed by atoms with Crippen LogP contribution >= 0.6 is 15.9 Å². The second kappa shape index (κ2) is 7.65. The Morgan fingerprint density at radius 2 is 2.12 bits per heavy atom. The smallest absolute Gasteiger partial charge is 0.343 e. The summed E-state index contributed by atoms with van der Waals surface area (Å²) in [6.45, 7) is 2.05. The van der Waals surface area contributed by atoms with Gasteiger partial charge in [-0.3, -0.25) is 0 Å². The fourth-order valence-corrected chi connectivity index (χ4v) is 4.08. The van der Waals surface area contributed by atoms with E-state index in [0.29, 0.717) is 22.9 Å². The molecule has 0 radical (unpaired) electrons. The molecule has 1 fully saturated rings. The van der Waals surface area contributed by atoms with Crippen molar-refractivity contribution in [2.45, 2.75) is 44.4 Å². The summed E-state index contributed by atoms with van der Waals surface area (Å²) < 4.78 is 5.64. The van der Waals surface area contributed by atoms with Crippen LogP contribution in [0.2, 0.25) is 0 Å². The average Bonchev–Trinajstić information content (AvgIpc) is 3.40. The van der Waals surface area contributed by atoms with Gasteiger partial charge < -0.3 is 15.3 Å². The van der Waals surface area contributed by atoms with Gasteiger partial charge in [0.1, 0.15) is 11.5 Å². The molecule has 1 heterocycles. The van der Waals surface area contributed by atoms with Gasteiger partial charge in [0.25, 0.3) is 0 Å². The highest BCUT2D eigenvalue weighted by Crippen LogP contribution is 2.48. The summed E-state index contributed by atoms with van der Waals surface area (Å²) in [5.74, 6) is 0.920. The van der Waals surface area contributed by atoms with Gasteiger partial charge in [-0.05, 0) is 49.3 Å². The minimum Gasteiger partial charge on any atom is -0.507 e. The second-order valence-electron chi connectivity index (χ2n) is 6.80. The maximum atomic E-state index is 12.7. The highest BCUT2D eigenvalue weighted by Gasteiger charge is 2.37. The van der Waals surface area contributed by atoms with Crippen molar-refractivity contribution in [3.63, 3.8) is 0 Å². The van der Waals surface area contributed by atoms with Gasteiger partial charge in [0.15, 0.2) is 0 Å². The summed E-state index contributed by atoms with van der Waals surface area (Å²) in [7, 11) is 0. The molecule has 0 spiro atoms. The van der Waals surface area contributed by atoms with Crippen molar-refractivity contribution in [1.82, 2.24) is 0 Å². The minimum absolute atomic E-state index is 0.0404. The monoisotopic (exact) mass is 405 g/mol. The number of alkyl halides is 1. The van der Waals surface area contributed by atoms with Gasteiger partial charge in [0.2, 0.25) is 0 Å². The van der Waals surface area contributed by atoms with E-state index in [0.717, 1.165) is 36.6 Å². The van der Waals surface area contributed by atoms with E-state index in [-0.39, 0.29) is 17.6 Å². The Hall–Kier alpha value is -1.75. The van der Waals surface area contributed by atoms with Crippen LogP contribution in [0.5, 0.6) is 5.75 Å². The topological polar surface area (TPSA) is 76.5 Å². The Bertz CT molecular complexity index is 798. The Balaban J connectivity index is 2.04. The van der Waals surface area contributed by atoms with E-state index in [1.165, 1.54) is 0 Å². The molecule has 1 aliphatic rings. The van der Waals surface area contributed by atoms with Crippen molar-refractivity contribution >= 4 is 21.6 Å². The number of nitrogen functional groups attached to an aromatic ring is 1. The Morgan fingerprint density at radius 1 is 1.36 bits per heavy atom. The third kappa shape index (κ3) is 3.92. The zero-order chi connectivity index (χ0) is 18.0. The van der Waals surface area contributed by atoms with Gasteiger partial charge in [-0.15, -0.1) is 0 Å². The number of hydrogen-bond donors (Lipinski definition) is 2. The van der Waals surface area contributed by atoms with Crippen LogP contribution in [0.15, 0.2) is 39.5 Å². The zero-order valence-corrected chi connectivity index (χ0v) is 16.0. The second-order valence-corrected chi connectivity index (χ2v) is 7.60. The number of aromatic hydroxyl groups is 1. The van der Waals surface area contributed by atoms with E-state index < -0.39 is 5.63 Å². The van der Waals surface area contributed by atoms with E-state index >= 15 is 0 Å². The summed E-state index contributed by atoms with van der Waals surface area (Å²) in [6, 6.07) is 9.19. The van der Waals surface area contributed by atoms with Crippen LogP contribution in [-0.2, 0) is 0 Å². The molecule has 0 saturated heterocycles. The van der Waals surface area contributed by atoms with Crippen LogP contribution in [0.4, 0.5) is 5.69 Å². The first kappa shape index (κ1) is 18.1. The number of benzene rings is 1. The predicted octanol–water partition coefficient (Wildman–Crippen LogP) is 4.75. The van der Waals surface area contributed by atoms with Crippen LogP contribution in [0.1, 0.15) is 61.3 Å². The maximum absolute atomic E-state index is 12.7. The molecular weight excluding hydrogens is 382 g/mol. The van der Waals surface area contributed by atoms with Crippen molar-refractivity contribution in [2.24, 2.45) is 5.92 Å². The normalized spacial score (nSPS) is 16.6. The molecule has 1 saturated carbocycles. The van der Waals surface area contributed by atoms with Gasteiger partial charge >= 0.3 is 5.63 Å². The average molecular weight is 406 g/mol. The van der Waals surface area contributed by atoms with Gasteiger partial charge in [0.05, 0.1) is 5.56 Å². The predicted molar refractivity (Wildman–Crippen MR) is 104 cm³/mol. The molecule has 2 atom stereocenters. The van der Waals surface area contributed by atoms with Crippen molar-refractivity contribution in [3.8, 4) is 5.75 Å². The lowest BCUT2D eigenvalue weighted by atomic mass is 9.87. The summed E-state index contributed by atoms with van der Waals surface area (Å²) in [6.07, 6.45) is 3.80. The van der Waals surface area contributed by atoms with E-state index in [1.807, 2.05) is 24.3 Å². The molecule has 2 aromatic rings. The molecule has 4 nitrogen and oxygen atoms in total. The highest BCUT2D eigenvalue weighted by atomic mass is 79.9. The van der Waals surface area contributed by atoms with Gasteiger partial charge in [-0.2, -0.15) is 0 Å². The Morgan fingerprint density at radius 3 is 2.68 bits per heavy atom. The molecule has 25 heavy (non-hydrogen) atoms. The van der Waals surface area contributed by atoms with E-state index in [1.54, 1.807) is 6.07 Å². The van der Waals surface area contributed by atoms with E-state index in [2.05, 4.69) is 22.9 Å². The number of anilines is 1. The number of halogens is 1. The lowest BCUT2D eigenvalue weighted by Gasteiger charge is -2.19. The van der Waals surface area contributed by atoms with Crippen LogP contribution in [0.3, 0.4) is 0 Å². The molecule has 0 amide bonds. The third-order valence-corrected chi connectivity index (χ3v) is 5.47. The van der Waals surface area contributed by atoms with Crippen molar-refractivity contribution < 1.29 is 9.52 Å². The first-order chi connectivity index (χ1) is 12.0. The van der Waals surface area contributed by atoms with Gasteiger partial charge in [-0.25, -0.2) is 4.79 Å². The van der Waals surface area contributed by atoms with Crippen LogP contribution in [0, 0.1) is 5.92 Å². The fourth-order valence-electron chi connectivity index (χ4n) is 3.53. The molecular formula is C20H24BrNO3. The van der Waals surface area contributed by atoms with Crippen LogP contribution in [-0.4, -0.2) is 10.4 Å². The quantitative estimate of drug-likeness (QED) is 0.514. The largest absolute Gasteiger partial charge is 0.507 e. The summed E-state index contributed by atoms with van der Waals surface area (Å²) in [5.41, 5.74) is 7.48. The number of rotatable bonds is 7. The van der Waals surface area contributed by atoms with Crippen molar-refractivity contribution in [1.29, 1.82) is 0 Å². The molecule has 1 aliphatic carbocycles. The highest BCUT2D eigenvalue weighted by molar-refractivity contribution is 9.09. The summed E-state index contributed by atoms with van der Waals surface area (Å²) in [4.78, 5) is 12.7. The van der Waals surface area contributed by atoms with Crippen LogP contribution in [0.25, 0.3) is 0 Å². The first-order valence-electron chi connectivity index (χ1n) is 8.83. The molecule has 0 bridgehead atoms. The van der Waals surface area contributed by atoms with Crippen molar-refractivity contribution in [2.75, 3.05) is 11.1 Å². The standard InChI is InChI=1S/C20H24BrNO3/c1-2-12(8-9-21)17-11-16(23)19(20(24)25-17)18(13-6-7-13)14-4-3-5-15(22)10-14/h3-5,10-13,18,23H,2,6-9,22H2,1H3. The van der Waals surface area contributed by atoms with E-state index in [9.17, 15) is 9.90 Å². The fraction of sp³-hybridized carbons (Fsp3) is 0.450. The van der Waals surface area contributed by atoms with Crippen molar-refractivity contribution in [3.05, 3.63) is 57.6 Å². The Kier molecular flexibility index (Phi) is 5.52. The Labute approximate surface area is 156 Å². The third-order valence-electron chi connectivity index (χ3n) is 5.01. The SMILES string of the molecule is CCC(CCBr)c1cc(O)c(C(c2cccc(N)c2)C2CC2)c(=O)o1. The molecule has 1 aromatic heterocycles. The summed E-state index contributed by atoms with van der Waals surface area (Å²) >= 11 is 3.43. The number of hydrogen-bond acceptors (Lipinski definition) is 4. The van der Waals surface area contributed by atoms with Gasteiger partial charge in [0, 0.05) is 28.9 Å². The van der Waals surface area contributed by atoms with Gasteiger partial charge in [-0.1, -0.05) is 35.0 Å². The molecule has 134 valence electrons. The molecule has 2 unspecified atom stereocenters. The lowest BCUT2D eigenvalue weighted by Crippen LogP contribution is -2.17. The number of nitrogens with two attached hydrogens (primary N) is 1. The molecule has 1 aromatic carbocycles. The van der Waals surface area contributed by atoms with Crippen LogP contribution < -0.4 is 11.4 Å². The molecule has 3 N–H and O–H groups in total. The lowest BCUT2D eigenvalue weighted by molar-refractivity contribution is 0.378. The molecule has 3 rings (SSSR count). The first-order valence-corrected chi connectivity index (χ1v) is 9.95. The van der Waals surface area contributed by atoms with E-state index in [4.69, 9.17) is 10.2 Å². The molecule has 0 aliphatic heterocycles. The minimum atomic E-state index is -0.428. The molecule has 5 heteroatoms. The summed E-state index contributed by atoms with van der Waals surface area (Å²) in [5, 5.41) is 11.5.